The summed E-state index contributed by atoms with van der Waals surface area (Å²) < 4.78 is 0. The van der Waals surface area contributed by atoms with Gasteiger partial charge in [-0.2, -0.15) is 0 Å². The van der Waals surface area contributed by atoms with Crippen LogP contribution in [0.2, 0.25) is 0 Å². The highest BCUT2D eigenvalue weighted by atomic mass is 16.2. The molecule has 2 N–H and O–H groups in total. The number of hydrogen-bond donors (Lipinski definition) is 2. The summed E-state index contributed by atoms with van der Waals surface area (Å²) in [5.74, 6) is -0.207. The molecule has 2 heterocycles. The summed E-state index contributed by atoms with van der Waals surface area (Å²) >= 11 is 0. The van der Waals surface area contributed by atoms with Crippen LogP contribution < -0.4 is 10.6 Å². The van der Waals surface area contributed by atoms with Gasteiger partial charge in [-0.1, -0.05) is 19.3 Å². The van der Waals surface area contributed by atoms with Crippen LogP contribution in [0.3, 0.4) is 0 Å². The summed E-state index contributed by atoms with van der Waals surface area (Å²) in [4.78, 5) is 25.6. The molecule has 100 valence electrons. The minimum Gasteiger partial charge on any atom is -0.314 e. The predicted molar refractivity (Wildman–Crippen MR) is 66.9 cm³/mol. The Balaban J connectivity index is 1.83. The van der Waals surface area contributed by atoms with Crippen molar-refractivity contribution in [3.63, 3.8) is 0 Å². The van der Waals surface area contributed by atoms with E-state index in [1.54, 1.807) is 0 Å². The molecule has 0 aromatic heterocycles. The van der Waals surface area contributed by atoms with Crippen molar-refractivity contribution in [1.82, 2.24) is 15.5 Å². The smallest absolute Gasteiger partial charge is 0.244 e. The van der Waals surface area contributed by atoms with E-state index < -0.39 is 0 Å². The monoisotopic (exact) mass is 251 g/mol. The second-order valence-electron chi connectivity index (χ2n) is 5.79. The maximum absolute atomic E-state index is 11.9. The standard InChI is InChI=1S/C13H21N3O2/c17-11-8-10(12(18)15-11)16-7-6-14-9-13(16)4-2-1-3-5-13/h10,14H,1-9H2,(H,15,17,18). The number of carbonyl (C=O) groups is 2. The van der Waals surface area contributed by atoms with Crippen LogP contribution in [-0.4, -0.2) is 47.9 Å². The number of amides is 2. The molecule has 2 aliphatic heterocycles. The molecule has 0 bridgehead atoms. The molecular weight excluding hydrogens is 230 g/mol. The molecule has 18 heavy (non-hydrogen) atoms. The zero-order valence-electron chi connectivity index (χ0n) is 10.7. The molecule has 2 saturated heterocycles. The molecule has 0 aromatic carbocycles. The third-order valence-electron chi connectivity index (χ3n) is 4.70. The average molecular weight is 251 g/mol. The minimum absolute atomic E-state index is 0.0909. The predicted octanol–water partition coefficient (Wildman–Crippen LogP) is 0.00960. The number of nitrogens with zero attached hydrogens (tertiary/aromatic N) is 1. The lowest BCUT2D eigenvalue weighted by Crippen LogP contribution is -2.65. The van der Waals surface area contributed by atoms with Gasteiger partial charge in [-0.25, -0.2) is 0 Å². The van der Waals surface area contributed by atoms with Crippen LogP contribution in [0.1, 0.15) is 38.5 Å². The van der Waals surface area contributed by atoms with E-state index in [2.05, 4.69) is 15.5 Å². The normalized spacial score (nSPS) is 32.8. The van der Waals surface area contributed by atoms with Gasteiger partial charge in [0.05, 0.1) is 12.5 Å². The van der Waals surface area contributed by atoms with Gasteiger partial charge in [0.25, 0.3) is 0 Å². The summed E-state index contributed by atoms with van der Waals surface area (Å²) in [6.07, 6.45) is 6.42. The fraction of sp³-hybridized carbons (Fsp3) is 0.846. The van der Waals surface area contributed by atoms with Crippen LogP contribution in [0.15, 0.2) is 0 Å². The number of piperazine rings is 1. The summed E-state index contributed by atoms with van der Waals surface area (Å²) in [6.45, 7) is 2.76. The second-order valence-corrected chi connectivity index (χ2v) is 5.79. The number of nitrogens with one attached hydrogen (secondary N) is 2. The maximum Gasteiger partial charge on any atom is 0.244 e. The van der Waals surface area contributed by atoms with Gasteiger partial charge in [-0.05, 0) is 12.8 Å². The first-order valence-corrected chi connectivity index (χ1v) is 7.02. The van der Waals surface area contributed by atoms with E-state index in [1.807, 2.05) is 0 Å². The van der Waals surface area contributed by atoms with E-state index in [0.717, 1.165) is 32.5 Å². The van der Waals surface area contributed by atoms with E-state index in [0.29, 0.717) is 6.42 Å². The highest BCUT2D eigenvalue weighted by Gasteiger charge is 2.47. The van der Waals surface area contributed by atoms with Gasteiger partial charge < -0.3 is 5.32 Å². The van der Waals surface area contributed by atoms with Crippen molar-refractivity contribution in [2.75, 3.05) is 19.6 Å². The van der Waals surface area contributed by atoms with Crippen LogP contribution in [0.4, 0.5) is 0 Å². The molecule has 2 amide bonds. The Labute approximate surface area is 107 Å². The van der Waals surface area contributed by atoms with Gasteiger partial charge in [0.2, 0.25) is 11.8 Å². The van der Waals surface area contributed by atoms with Crippen molar-refractivity contribution in [1.29, 1.82) is 0 Å². The summed E-state index contributed by atoms with van der Waals surface area (Å²) in [5, 5.41) is 5.91. The van der Waals surface area contributed by atoms with E-state index in [9.17, 15) is 9.59 Å². The lowest BCUT2D eigenvalue weighted by Gasteiger charge is -2.51. The zero-order valence-corrected chi connectivity index (χ0v) is 10.7. The van der Waals surface area contributed by atoms with Crippen molar-refractivity contribution in [3.8, 4) is 0 Å². The zero-order chi connectivity index (χ0) is 12.6. The summed E-state index contributed by atoms with van der Waals surface area (Å²) in [7, 11) is 0. The molecule has 1 unspecified atom stereocenters. The third-order valence-corrected chi connectivity index (χ3v) is 4.70. The lowest BCUT2D eigenvalue weighted by atomic mass is 9.78. The van der Waals surface area contributed by atoms with Crippen LogP contribution in [0.25, 0.3) is 0 Å². The molecule has 3 rings (SSSR count). The first-order valence-electron chi connectivity index (χ1n) is 7.02. The summed E-state index contributed by atoms with van der Waals surface area (Å²) in [5.41, 5.74) is 0.114. The minimum atomic E-state index is -0.224. The molecule has 0 aromatic rings. The van der Waals surface area contributed by atoms with Crippen molar-refractivity contribution in [2.24, 2.45) is 0 Å². The van der Waals surface area contributed by atoms with E-state index >= 15 is 0 Å². The highest BCUT2D eigenvalue weighted by molar-refractivity contribution is 6.05. The number of hydrogen-bond acceptors (Lipinski definition) is 4. The van der Waals surface area contributed by atoms with Crippen LogP contribution in [0.5, 0.6) is 0 Å². The Hall–Kier alpha value is -0.940. The molecule has 1 aliphatic carbocycles. The Morgan fingerprint density at radius 2 is 1.94 bits per heavy atom. The third kappa shape index (κ3) is 1.95. The molecule has 1 saturated carbocycles. The van der Waals surface area contributed by atoms with Gasteiger partial charge >= 0.3 is 0 Å². The number of rotatable bonds is 1. The molecule has 5 nitrogen and oxygen atoms in total. The Kier molecular flexibility index (Phi) is 3.11. The Morgan fingerprint density at radius 3 is 2.61 bits per heavy atom. The maximum atomic E-state index is 11.9. The Morgan fingerprint density at radius 1 is 1.17 bits per heavy atom. The van der Waals surface area contributed by atoms with Crippen LogP contribution in [0, 0.1) is 0 Å². The molecule has 3 fully saturated rings. The topological polar surface area (TPSA) is 61.4 Å². The fourth-order valence-corrected chi connectivity index (χ4v) is 3.81. The van der Waals surface area contributed by atoms with Crippen molar-refractivity contribution in [3.05, 3.63) is 0 Å². The molecule has 5 heteroatoms. The van der Waals surface area contributed by atoms with E-state index in [1.165, 1.54) is 19.3 Å². The summed E-state index contributed by atoms with van der Waals surface area (Å²) in [6, 6.07) is -0.224. The van der Waals surface area contributed by atoms with Gasteiger partial charge in [0, 0.05) is 25.2 Å². The first kappa shape index (κ1) is 12.1. The Bertz CT molecular complexity index is 355. The van der Waals surface area contributed by atoms with Crippen molar-refractivity contribution < 1.29 is 9.59 Å². The van der Waals surface area contributed by atoms with Gasteiger partial charge in [0.1, 0.15) is 0 Å². The highest BCUT2D eigenvalue weighted by Crippen LogP contribution is 2.37. The second kappa shape index (κ2) is 4.63. The molecule has 3 aliphatic rings. The fourth-order valence-electron chi connectivity index (χ4n) is 3.81. The van der Waals surface area contributed by atoms with Gasteiger partial charge in [-0.3, -0.25) is 19.8 Å². The lowest BCUT2D eigenvalue weighted by molar-refractivity contribution is -0.128. The van der Waals surface area contributed by atoms with Crippen LogP contribution in [-0.2, 0) is 9.59 Å². The van der Waals surface area contributed by atoms with Gasteiger partial charge in [0.15, 0.2) is 0 Å². The number of imide groups is 1. The van der Waals surface area contributed by atoms with E-state index in [-0.39, 0.29) is 23.4 Å². The molecule has 1 spiro atoms. The molecular formula is C13H21N3O2. The SMILES string of the molecule is O=C1CC(N2CCNCC23CCCCC3)C(=O)N1. The average Bonchev–Trinajstić information content (AvgIpc) is 2.70. The van der Waals surface area contributed by atoms with Gasteiger partial charge in [-0.15, -0.1) is 0 Å². The van der Waals surface area contributed by atoms with Crippen LogP contribution >= 0.6 is 0 Å². The van der Waals surface area contributed by atoms with E-state index in [4.69, 9.17) is 0 Å². The molecule has 0 radical (unpaired) electrons. The van der Waals surface area contributed by atoms with Crippen molar-refractivity contribution in [2.45, 2.75) is 50.1 Å². The number of carbonyl (C=O) groups excluding carboxylic acids is 2. The molecule has 1 atom stereocenters. The quantitative estimate of drug-likeness (QED) is 0.645. The largest absolute Gasteiger partial charge is 0.314 e. The first-order chi connectivity index (χ1) is 8.71. The van der Waals surface area contributed by atoms with Crippen molar-refractivity contribution >= 4 is 11.8 Å².